The van der Waals surface area contributed by atoms with Crippen molar-refractivity contribution in [1.82, 2.24) is 10.2 Å². The number of benzene rings is 2. The first-order valence-electron chi connectivity index (χ1n) is 14.9. The quantitative estimate of drug-likeness (QED) is 0.182. The van der Waals surface area contributed by atoms with Gasteiger partial charge in [0.2, 0.25) is 0 Å². The Hall–Kier alpha value is -3.56. The molecule has 1 fully saturated rings. The number of rotatable bonds is 14. The highest BCUT2D eigenvalue weighted by Crippen LogP contribution is 2.37. The second-order valence-electron chi connectivity index (χ2n) is 11.3. The number of halogens is 1. The van der Waals surface area contributed by atoms with Gasteiger partial charge in [-0.3, -0.25) is 4.90 Å². The molecule has 0 atom stereocenters. The van der Waals surface area contributed by atoms with Gasteiger partial charge >= 0.3 is 0 Å². The Kier molecular flexibility index (Phi) is 13.0. The van der Waals surface area contributed by atoms with Crippen LogP contribution in [-0.4, -0.2) is 31.6 Å². The van der Waals surface area contributed by atoms with Crippen LogP contribution >= 0.6 is 0 Å². The van der Waals surface area contributed by atoms with Crippen molar-refractivity contribution in [3.05, 3.63) is 100 Å². The molecule has 3 rings (SSSR count). The zero-order valence-corrected chi connectivity index (χ0v) is 25.5. The van der Waals surface area contributed by atoms with Gasteiger partial charge in [0.25, 0.3) is 0 Å². The molecular formula is C35H47FN4O. The Balaban J connectivity index is 1.54. The Bertz CT molecular complexity index is 1250. The molecule has 0 aliphatic heterocycles. The summed E-state index contributed by atoms with van der Waals surface area (Å²) in [5.74, 6) is 1.64. The maximum absolute atomic E-state index is 15.0. The van der Waals surface area contributed by atoms with Gasteiger partial charge in [-0.1, -0.05) is 56.5 Å². The zero-order chi connectivity index (χ0) is 29.6. The summed E-state index contributed by atoms with van der Waals surface area (Å²) < 4.78 is 20.8. The average Bonchev–Trinajstić information content (AvgIpc) is 2.96. The van der Waals surface area contributed by atoms with Crippen molar-refractivity contribution in [2.75, 3.05) is 32.0 Å². The van der Waals surface area contributed by atoms with E-state index in [1.165, 1.54) is 24.0 Å². The van der Waals surface area contributed by atoms with E-state index >= 15 is 0 Å². The van der Waals surface area contributed by atoms with Crippen molar-refractivity contribution in [3.63, 3.8) is 0 Å². The Morgan fingerprint density at radius 1 is 1.15 bits per heavy atom. The molecule has 0 spiro atoms. The van der Waals surface area contributed by atoms with E-state index in [0.717, 1.165) is 55.2 Å². The van der Waals surface area contributed by atoms with Crippen molar-refractivity contribution in [3.8, 4) is 6.07 Å². The third-order valence-electron chi connectivity index (χ3n) is 7.73. The van der Waals surface area contributed by atoms with Crippen LogP contribution in [0.4, 0.5) is 10.1 Å². The largest absolute Gasteiger partial charge is 0.487 e. The molecule has 0 bridgehead atoms. The van der Waals surface area contributed by atoms with Crippen LogP contribution in [0.1, 0.15) is 81.5 Å². The number of hydrogen-bond acceptors (Lipinski definition) is 5. The van der Waals surface area contributed by atoms with Crippen molar-refractivity contribution in [1.29, 1.82) is 5.26 Å². The first-order chi connectivity index (χ1) is 19.8. The summed E-state index contributed by atoms with van der Waals surface area (Å²) in [7, 11) is 1.81. The van der Waals surface area contributed by atoms with E-state index in [1.54, 1.807) is 12.3 Å². The fourth-order valence-corrected chi connectivity index (χ4v) is 5.23. The number of likely N-dealkylation sites (N-methyl/N-ethyl adjacent to an activating group) is 1. The fraction of sp³-hybridized carbons (Fsp3) is 0.457. The highest BCUT2D eigenvalue weighted by atomic mass is 19.1. The number of anilines is 1. The van der Waals surface area contributed by atoms with Gasteiger partial charge in [-0.15, -0.1) is 0 Å². The summed E-state index contributed by atoms with van der Waals surface area (Å²) in [6.45, 7) is 11.8. The number of nitrogens with zero attached hydrogens (tertiary/aromatic N) is 2. The van der Waals surface area contributed by atoms with Gasteiger partial charge in [-0.2, -0.15) is 5.26 Å². The van der Waals surface area contributed by atoms with Gasteiger partial charge in [-0.25, -0.2) is 4.39 Å². The van der Waals surface area contributed by atoms with Crippen LogP contribution in [0.15, 0.2) is 72.2 Å². The molecule has 0 heterocycles. The van der Waals surface area contributed by atoms with Crippen molar-refractivity contribution in [2.45, 2.75) is 72.4 Å². The third kappa shape index (κ3) is 10.4. The smallest absolute Gasteiger partial charge is 0.135 e. The Morgan fingerprint density at radius 3 is 2.59 bits per heavy atom. The summed E-state index contributed by atoms with van der Waals surface area (Å²) in [4.78, 5) is 2.30. The van der Waals surface area contributed by atoms with E-state index in [4.69, 9.17) is 4.74 Å². The standard InChI is InChI=1S/C35H47FN4O/c1-6-40(19-18-39-32-17-16-30(22-37)34(21-32)29-13-10-27(4)11-14-29)24-28-12-15-31(35(36)20-28)25-41-33(23-38-5)9-7-8-26(2)3/h7-9,12,15-17,20-21,23,27,29,38-39H,6,10-11,13-14,18-19,24-25H2,1-5H3/b9-7-,33-23?. The van der Waals surface area contributed by atoms with Crippen LogP contribution in [0, 0.1) is 23.1 Å². The number of hydrogen-bond donors (Lipinski definition) is 2. The van der Waals surface area contributed by atoms with E-state index in [2.05, 4.69) is 41.5 Å². The van der Waals surface area contributed by atoms with E-state index in [9.17, 15) is 9.65 Å². The van der Waals surface area contributed by atoms with E-state index in [0.29, 0.717) is 23.8 Å². The Morgan fingerprint density at radius 2 is 1.93 bits per heavy atom. The molecule has 0 saturated heterocycles. The first kappa shape index (κ1) is 32.0. The maximum atomic E-state index is 15.0. The molecule has 0 amide bonds. The monoisotopic (exact) mass is 558 g/mol. The predicted octanol–water partition coefficient (Wildman–Crippen LogP) is 8.02. The fourth-order valence-electron chi connectivity index (χ4n) is 5.23. The molecule has 1 aliphatic carbocycles. The van der Waals surface area contributed by atoms with E-state index in [-0.39, 0.29) is 12.4 Å². The number of nitrogens with one attached hydrogen (secondary N) is 2. The molecule has 1 aliphatic rings. The molecule has 2 aromatic carbocycles. The van der Waals surface area contributed by atoms with Gasteiger partial charge in [0.1, 0.15) is 18.2 Å². The van der Waals surface area contributed by atoms with Gasteiger partial charge < -0.3 is 15.4 Å². The second kappa shape index (κ2) is 16.6. The second-order valence-corrected chi connectivity index (χ2v) is 11.3. The van der Waals surface area contributed by atoms with Crippen LogP contribution in [0.25, 0.3) is 0 Å². The highest BCUT2D eigenvalue weighted by molar-refractivity contribution is 5.53. The summed E-state index contributed by atoms with van der Waals surface area (Å²) in [5, 5.41) is 16.2. The summed E-state index contributed by atoms with van der Waals surface area (Å²) >= 11 is 0. The lowest BCUT2D eigenvalue weighted by atomic mass is 9.78. The lowest BCUT2D eigenvalue weighted by Gasteiger charge is -2.27. The lowest BCUT2D eigenvalue weighted by molar-refractivity contribution is 0.205. The lowest BCUT2D eigenvalue weighted by Crippen LogP contribution is -2.28. The van der Waals surface area contributed by atoms with Crippen molar-refractivity contribution in [2.24, 2.45) is 5.92 Å². The minimum atomic E-state index is -0.254. The van der Waals surface area contributed by atoms with Crippen LogP contribution in [-0.2, 0) is 17.9 Å². The van der Waals surface area contributed by atoms with Crippen LogP contribution in [0.3, 0.4) is 0 Å². The molecule has 1 saturated carbocycles. The molecule has 5 nitrogen and oxygen atoms in total. The maximum Gasteiger partial charge on any atom is 0.135 e. The molecule has 2 N–H and O–H groups in total. The molecule has 0 radical (unpaired) electrons. The summed E-state index contributed by atoms with van der Waals surface area (Å²) in [5.41, 5.74) is 5.71. The van der Waals surface area contributed by atoms with Crippen molar-refractivity contribution < 1.29 is 9.13 Å². The van der Waals surface area contributed by atoms with E-state index in [1.807, 2.05) is 63.4 Å². The molecular weight excluding hydrogens is 511 g/mol. The van der Waals surface area contributed by atoms with Crippen molar-refractivity contribution >= 4 is 5.69 Å². The summed E-state index contributed by atoms with van der Waals surface area (Å²) in [6, 6.07) is 14.0. The predicted molar refractivity (Wildman–Crippen MR) is 168 cm³/mol. The van der Waals surface area contributed by atoms with Gasteiger partial charge in [-0.05, 0) is 86.5 Å². The van der Waals surface area contributed by atoms with Gasteiger partial charge in [0.15, 0.2) is 0 Å². The third-order valence-corrected chi connectivity index (χ3v) is 7.73. The van der Waals surface area contributed by atoms with Crippen LogP contribution in [0.2, 0.25) is 0 Å². The number of nitriles is 1. The van der Waals surface area contributed by atoms with Gasteiger partial charge in [0.05, 0.1) is 11.6 Å². The number of allylic oxidation sites excluding steroid dienone is 4. The number of ether oxygens (including phenoxy) is 1. The SMILES string of the molecule is CCN(CCNc1ccc(C#N)c(C2CCC(C)CC2)c1)Cc1ccc(COC(=CNC)/C=C\C=C(C)C)c(F)c1. The highest BCUT2D eigenvalue weighted by Gasteiger charge is 2.22. The molecule has 41 heavy (non-hydrogen) atoms. The molecule has 2 aromatic rings. The molecule has 220 valence electrons. The average molecular weight is 559 g/mol. The summed E-state index contributed by atoms with van der Waals surface area (Å²) in [6.07, 6.45) is 12.3. The van der Waals surface area contributed by atoms with Crippen LogP contribution < -0.4 is 10.6 Å². The zero-order valence-electron chi connectivity index (χ0n) is 25.5. The van der Waals surface area contributed by atoms with Gasteiger partial charge in [0, 0.05) is 44.1 Å². The topological polar surface area (TPSA) is 60.3 Å². The Labute approximate surface area is 246 Å². The molecule has 0 aromatic heterocycles. The minimum absolute atomic E-state index is 0.159. The molecule has 0 unspecified atom stereocenters. The minimum Gasteiger partial charge on any atom is -0.487 e. The normalized spacial score (nSPS) is 17.4. The molecule has 6 heteroatoms. The van der Waals surface area contributed by atoms with Crippen LogP contribution in [0.5, 0.6) is 0 Å². The van der Waals surface area contributed by atoms with E-state index < -0.39 is 0 Å². The first-order valence-corrected chi connectivity index (χ1v) is 14.9.